The average molecular weight is 472 g/mol. The zero-order valence-electron chi connectivity index (χ0n) is 17.5. The number of hydrogen-bond donors (Lipinski definition) is 2. The molecule has 11 heteroatoms. The Morgan fingerprint density at radius 1 is 1.24 bits per heavy atom. The minimum absolute atomic E-state index is 0.106. The van der Waals surface area contributed by atoms with E-state index in [2.05, 4.69) is 10.4 Å². The topological polar surface area (TPSA) is 109 Å². The molecule has 2 aromatic carbocycles. The van der Waals surface area contributed by atoms with Gasteiger partial charge in [-0.25, -0.2) is 9.18 Å². The van der Waals surface area contributed by atoms with Crippen LogP contribution < -0.4 is 16.6 Å². The van der Waals surface area contributed by atoms with Crippen LogP contribution in [0, 0.1) is 5.82 Å². The highest BCUT2D eigenvalue weighted by molar-refractivity contribution is 6.30. The number of hydrazone groups is 1. The fraction of sp³-hybridized carbons (Fsp3) is 0.182. The maximum atomic E-state index is 13.5. The summed E-state index contributed by atoms with van der Waals surface area (Å²) in [5.41, 5.74) is 0.702. The standard InChI is InChI=1S/C22H19ClFN5O4/c1-27-19-5-3-15(20(30)25-10-14-6-7-26-29(33)12-14)9-16(19)21(31)28(22(27)32)11-13-2-4-18(24)17(23)8-13/h2-5,7-9,12,33H,6,10-11H2,1H3,(H,25,30). The molecule has 0 atom stereocenters. The Bertz CT molecular complexity index is 1440. The van der Waals surface area contributed by atoms with Gasteiger partial charge in [-0.15, -0.1) is 5.17 Å². The van der Waals surface area contributed by atoms with E-state index in [0.29, 0.717) is 22.7 Å². The van der Waals surface area contributed by atoms with Crippen molar-refractivity contribution in [2.75, 3.05) is 6.54 Å². The molecule has 2 heterocycles. The van der Waals surface area contributed by atoms with Crippen molar-refractivity contribution < 1.29 is 14.4 Å². The van der Waals surface area contributed by atoms with Crippen LogP contribution in [0.15, 0.2) is 62.9 Å². The molecule has 1 aliphatic heterocycles. The van der Waals surface area contributed by atoms with E-state index in [1.54, 1.807) is 0 Å². The highest BCUT2D eigenvalue weighted by Gasteiger charge is 2.15. The van der Waals surface area contributed by atoms with Crippen LogP contribution in [-0.4, -0.2) is 38.2 Å². The van der Waals surface area contributed by atoms with Gasteiger partial charge < -0.3 is 5.32 Å². The van der Waals surface area contributed by atoms with Crippen molar-refractivity contribution in [2.24, 2.45) is 12.1 Å². The molecule has 0 bridgehead atoms. The Hall–Kier alpha value is -3.76. The Labute approximate surface area is 191 Å². The largest absolute Gasteiger partial charge is 0.348 e. The van der Waals surface area contributed by atoms with Crippen molar-refractivity contribution in [3.05, 3.63) is 91.0 Å². The average Bonchev–Trinajstić information content (AvgIpc) is 2.80. The molecular formula is C22H19ClFN5O4. The Balaban J connectivity index is 1.66. The van der Waals surface area contributed by atoms with E-state index in [1.165, 1.54) is 60.4 Å². The quantitative estimate of drug-likeness (QED) is 0.593. The first-order chi connectivity index (χ1) is 15.7. The van der Waals surface area contributed by atoms with Crippen molar-refractivity contribution in [1.29, 1.82) is 0 Å². The smallest absolute Gasteiger partial charge is 0.331 e. The molecule has 0 radical (unpaired) electrons. The number of carbonyl (C=O) groups excluding carboxylic acids is 1. The molecule has 0 fully saturated rings. The lowest BCUT2D eigenvalue weighted by Crippen LogP contribution is -2.39. The zero-order chi connectivity index (χ0) is 23.7. The van der Waals surface area contributed by atoms with Crippen molar-refractivity contribution in [2.45, 2.75) is 13.0 Å². The Morgan fingerprint density at radius 2 is 2.03 bits per heavy atom. The number of nitrogens with one attached hydrogen (secondary N) is 1. The number of aryl methyl sites for hydroxylation is 1. The summed E-state index contributed by atoms with van der Waals surface area (Å²) in [7, 11) is 1.52. The second-order valence-corrected chi connectivity index (χ2v) is 7.91. The van der Waals surface area contributed by atoms with Crippen LogP contribution in [0.25, 0.3) is 10.9 Å². The highest BCUT2D eigenvalue weighted by Crippen LogP contribution is 2.17. The van der Waals surface area contributed by atoms with Gasteiger partial charge in [0.15, 0.2) is 0 Å². The minimum atomic E-state index is -0.599. The van der Waals surface area contributed by atoms with Gasteiger partial charge in [-0.05, 0) is 41.5 Å². The molecule has 9 nitrogen and oxygen atoms in total. The molecule has 33 heavy (non-hydrogen) atoms. The second kappa shape index (κ2) is 9.00. The Morgan fingerprint density at radius 3 is 2.76 bits per heavy atom. The van der Waals surface area contributed by atoms with Crippen LogP contribution in [0.4, 0.5) is 4.39 Å². The molecule has 1 aromatic heterocycles. The number of carbonyl (C=O) groups is 1. The number of halogens is 2. The lowest BCUT2D eigenvalue weighted by molar-refractivity contribution is -0.0406. The number of rotatable bonds is 5. The van der Waals surface area contributed by atoms with E-state index in [9.17, 15) is 24.0 Å². The molecule has 3 aromatic rings. The van der Waals surface area contributed by atoms with Gasteiger partial charge in [-0.1, -0.05) is 17.7 Å². The van der Waals surface area contributed by atoms with E-state index in [1.807, 2.05) is 0 Å². The van der Waals surface area contributed by atoms with E-state index >= 15 is 0 Å². The minimum Gasteiger partial charge on any atom is -0.348 e. The van der Waals surface area contributed by atoms with Gasteiger partial charge in [0.25, 0.3) is 11.5 Å². The van der Waals surface area contributed by atoms with Crippen molar-refractivity contribution >= 4 is 34.6 Å². The van der Waals surface area contributed by atoms with Crippen LogP contribution >= 0.6 is 11.6 Å². The van der Waals surface area contributed by atoms with Gasteiger partial charge in [0, 0.05) is 31.8 Å². The van der Waals surface area contributed by atoms with Crippen LogP contribution in [0.3, 0.4) is 0 Å². The fourth-order valence-corrected chi connectivity index (χ4v) is 3.73. The van der Waals surface area contributed by atoms with Crippen LogP contribution in [0.5, 0.6) is 0 Å². The number of hydrogen-bond acceptors (Lipinski definition) is 6. The van der Waals surface area contributed by atoms with E-state index in [0.717, 1.165) is 10.1 Å². The zero-order valence-corrected chi connectivity index (χ0v) is 18.2. The predicted molar refractivity (Wildman–Crippen MR) is 121 cm³/mol. The van der Waals surface area contributed by atoms with Crippen LogP contribution in [0.1, 0.15) is 22.3 Å². The molecule has 1 amide bonds. The number of amides is 1. The first-order valence-electron chi connectivity index (χ1n) is 9.90. The molecule has 0 saturated carbocycles. The summed E-state index contributed by atoms with van der Waals surface area (Å²) >= 11 is 5.82. The summed E-state index contributed by atoms with van der Waals surface area (Å²) in [6, 6.07) is 8.45. The highest BCUT2D eigenvalue weighted by atomic mass is 35.5. The summed E-state index contributed by atoms with van der Waals surface area (Å²) in [6.45, 7) is 0.0774. The normalized spacial score (nSPS) is 13.3. The van der Waals surface area contributed by atoms with Crippen molar-refractivity contribution in [1.82, 2.24) is 19.6 Å². The lowest BCUT2D eigenvalue weighted by Gasteiger charge is -2.15. The molecule has 2 N–H and O–H groups in total. The van der Waals surface area contributed by atoms with E-state index < -0.39 is 23.0 Å². The van der Waals surface area contributed by atoms with Gasteiger partial charge in [0.05, 0.1) is 28.7 Å². The number of fused-ring (bicyclic) bond motifs is 1. The van der Waals surface area contributed by atoms with Gasteiger partial charge in [-0.3, -0.25) is 23.9 Å². The molecular weight excluding hydrogens is 453 g/mol. The molecule has 0 aliphatic carbocycles. The second-order valence-electron chi connectivity index (χ2n) is 7.51. The fourth-order valence-electron chi connectivity index (χ4n) is 3.52. The summed E-state index contributed by atoms with van der Waals surface area (Å²) in [6.07, 6.45) is 3.39. The van der Waals surface area contributed by atoms with Crippen molar-refractivity contribution in [3.63, 3.8) is 0 Å². The summed E-state index contributed by atoms with van der Waals surface area (Å²) in [5.74, 6) is -1.02. The molecule has 1 aliphatic rings. The van der Waals surface area contributed by atoms with E-state index in [-0.39, 0.29) is 29.1 Å². The lowest BCUT2D eigenvalue weighted by atomic mass is 10.1. The molecule has 0 spiro atoms. The van der Waals surface area contributed by atoms with Gasteiger partial charge in [-0.2, -0.15) is 5.10 Å². The molecule has 0 unspecified atom stereocenters. The maximum Gasteiger partial charge on any atom is 0.331 e. The summed E-state index contributed by atoms with van der Waals surface area (Å²) in [5, 5.41) is 16.5. The monoisotopic (exact) mass is 471 g/mol. The maximum absolute atomic E-state index is 13.5. The third kappa shape index (κ3) is 4.57. The number of benzene rings is 2. The van der Waals surface area contributed by atoms with E-state index in [4.69, 9.17) is 11.6 Å². The first-order valence-corrected chi connectivity index (χ1v) is 10.3. The summed E-state index contributed by atoms with van der Waals surface area (Å²) < 4.78 is 15.8. The van der Waals surface area contributed by atoms with Gasteiger partial charge in [0.2, 0.25) is 0 Å². The first kappa shape index (κ1) is 22.4. The van der Waals surface area contributed by atoms with Gasteiger partial charge in [0.1, 0.15) is 5.82 Å². The molecule has 170 valence electrons. The SMILES string of the molecule is Cn1c(=O)n(Cc2ccc(F)c(Cl)c2)c(=O)c2cc(C(=O)NCC3=CN(O)N=CC3)ccc21. The Kier molecular flexibility index (Phi) is 6.12. The summed E-state index contributed by atoms with van der Waals surface area (Å²) in [4.78, 5) is 38.6. The molecule has 0 saturated heterocycles. The third-order valence-corrected chi connectivity index (χ3v) is 5.56. The van der Waals surface area contributed by atoms with Gasteiger partial charge >= 0.3 is 5.69 Å². The number of nitrogens with zero attached hydrogens (tertiary/aromatic N) is 4. The van der Waals surface area contributed by atoms with Crippen LogP contribution in [-0.2, 0) is 13.6 Å². The molecule has 4 rings (SSSR count). The predicted octanol–water partition coefficient (Wildman–Crippen LogP) is 2.24. The number of hydroxylamine groups is 1. The van der Waals surface area contributed by atoms with Crippen LogP contribution in [0.2, 0.25) is 5.02 Å². The van der Waals surface area contributed by atoms with Crippen molar-refractivity contribution in [3.8, 4) is 0 Å². The third-order valence-electron chi connectivity index (χ3n) is 5.27. The number of aromatic nitrogens is 2.